The van der Waals surface area contributed by atoms with Crippen LogP contribution in [0.15, 0.2) is 60.7 Å². The fourth-order valence-electron chi connectivity index (χ4n) is 3.95. The predicted octanol–water partition coefficient (Wildman–Crippen LogP) is 2.38. The molecule has 4 N–H and O–H groups in total. The zero-order valence-corrected chi connectivity index (χ0v) is 21.5. The van der Waals surface area contributed by atoms with E-state index in [2.05, 4.69) is 10.6 Å². The first kappa shape index (κ1) is 27.5. The maximum atomic E-state index is 13.3. The number of nitrogens with two attached hydrogens (primary N) is 1. The highest BCUT2D eigenvalue weighted by atomic mass is 16.6. The molecular formula is C27H35N5O5. The molecule has 2 atom stereocenters. The van der Waals surface area contributed by atoms with Crippen molar-refractivity contribution in [3.63, 3.8) is 0 Å². The lowest BCUT2D eigenvalue weighted by Gasteiger charge is -2.31. The number of primary amides is 1. The molecule has 0 bridgehead atoms. The minimum Gasteiger partial charge on any atom is -0.442 e. The molecule has 0 aromatic heterocycles. The number of urea groups is 1. The van der Waals surface area contributed by atoms with E-state index in [9.17, 15) is 19.2 Å². The largest absolute Gasteiger partial charge is 0.442 e. The van der Waals surface area contributed by atoms with Crippen molar-refractivity contribution in [1.82, 2.24) is 20.7 Å². The molecule has 37 heavy (non-hydrogen) atoms. The first-order chi connectivity index (χ1) is 17.5. The van der Waals surface area contributed by atoms with E-state index in [1.54, 1.807) is 20.8 Å². The molecule has 2 aromatic rings. The van der Waals surface area contributed by atoms with Gasteiger partial charge < -0.3 is 21.1 Å². The summed E-state index contributed by atoms with van der Waals surface area (Å²) in [6, 6.07) is 15.8. The number of hydrogen-bond donors (Lipinski definition) is 3. The summed E-state index contributed by atoms with van der Waals surface area (Å²) in [6.45, 7) is 5.85. The maximum absolute atomic E-state index is 13.3. The van der Waals surface area contributed by atoms with Crippen LogP contribution in [0.2, 0.25) is 0 Å². The summed E-state index contributed by atoms with van der Waals surface area (Å²) in [5.41, 5.74) is 6.50. The SMILES string of the molecule is CC(C)(C)OC(=O)N1CCCN1C(=O)N[C@H](Cc1ccccc1)C(=O)N[C@H](Cc1ccccc1)C(N)=O. The lowest BCUT2D eigenvalue weighted by molar-refractivity contribution is -0.128. The molecule has 0 aliphatic carbocycles. The Bertz CT molecular complexity index is 1090. The second-order valence-corrected chi connectivity index (χ2v) is 9.93. The standard InChI is InChI=1S/C27H35N5O5/c1-27(2,3)37-26(36)32-16-10-15-31(32)25(35)30-22(18-20-13-8-5-9-14-20)24(34)29-21(23(28)33)17-19-11-6-4-7-12-19/h4-9,11-14,21-22H,10,15-18H2,1-3H3,(H2,28,33)(H,29,34)(H,30,35)/t21-,22-/m1/s1. The van der Waals surface area contributed by atoms with Crippen LogP contribution in [0.1, 0.15) is 38.3 Å². The Balaban J connectivity index is 1.76. The average Bonchev–Trinajstić information content (AvgIpc) is 3.34. The van der Waals surface area contributed by atoms with Gasteiger partial charge in [0.15, 0.2) is 0 Å². The van der Waals surface area contributed by atoms with Gasteiger partial charge in [-0.1, -0.05) is 60.7 Å². The highest BCUT2D eigenvalue weighted by Gasteiger charge is 2.36. The van der Waals surface area contributed by atoms with Crippen LogP contribution < -0.4 is 16.4 Å². The molecule has 0 unspecified atom stereocenters. The third kappa shape index (κ3) is 8.23. The maximum Gasteiger partial charge on any atom is 0.429 e. The smallest absolute Gasteiger partial charge is 0.429 e. The molecule has 10 nitrogen and oxygen atoms in total. The van der Waals surface area contributed by atoms with Gasteiger partial charge in [0.2, 0.25) is 11.8 Å². The van der Waals surface area contributed by atoms with Gasteiger partial charge in [0.05, 0.1) is 0 Å². The number of hydrazine groups is 1. The van der Waals surface area contributed by atoms with Gasteiger partial charge in [0, 0.05) is 25.9 Å². The Labute approximate surface area is 217 Å². The lowest BCUT2D eigenvalue weighted by Crippen LogP contribution is -2.58. The predicted molar refractivity (Wildman–Crippen MR) is 138 cm³/mol. The number of hydrogen-bond acceptors (Lipinski definition) is 5. The van der Waals surface area contributed by atoms with E-state index in [1.165, 1.54) is 10.0 Å². The molecule has 2 aromatic carbocycles. The molecule has 0 saturated carbocycles. The topological polar surface area (TPSA) is 134 Å². The Morgan fingerprint density at radius 3 is 1.86 bits per heavy atom. The molecule has 198 valence electrons. The monoisotopic (exact) mass is 509 g/mol. The molecule has 1 fully saturated rings. The number of benzene rings is 2. The van der Waals surface area contributed by atoms with Gasteiger partial charge in [-0.15, -0.1) is 0 Å². The number of carbonyl (C=O) groups excluding carboxylic acids is 4. The summed E-state index contributed by atoms with van der Waals surface area (Å²) >= 11 is 0. The summed E-state index contributed by atoms with van der Waals surface area (Å²) in [5, 5.41) is 7.91. The third-order valence-electron chi connectivity index (χ3n) is 5.71. The van der Waals surface area contributed by atoms with Crippen molar-refractivity contribution in [3.8, 4) is 0 Å². The highest BCUT2D eigenvalue weighted by Crippen LogP contribution is 2.17. The molecule has 3 rings (SSSR count). The zero-order valence-electron chi connectivity index (χ0n) is 21.5. The molecule has 10 heteroatoms. The normalized spacial score (nSPS) is 15.0. The van der Waals surface area contributed by atoms with Crippen molar-refractivity contribution in [1.29, 1.82) is 0 Å². The average molecular weight is 510 g/mol. The summed E-state index contributed by atoms with van der Waals surface area (Å²) in [4.78, 5) is 51.4. The Kier molecular flexibility index (Phi) is 9.10. The summed E-state index contributed by atoms with van der Waals surface area (Å²) in [5.74, 6) is -1.24. The lowest BCUT2D eigenvalue weighted by atomic mass is 10.0. The molecule has 1 aliphatic heterocycles. The molecule has 1 heterocycles. The highest BCUT2D eigenvalue weighted by molar-refractivity contribution is 5.92. The second-order valence-electron chi connectivity index (χ2n) is 9.93. The van der Waals surface area contributed by atoms with Crippen LogP contribution >= 0.6 is 0 Å². The van der Waals surface area contributed by atoms with E-state index in [0.29, 0.717) is 19.5 Å². The van der Waals surface area contributed by atoms with Crippen LogP contribution in [0.5, 0.6) is 0 Å². The Hall–Kier alpha value is -4.08. The van der Waals surface area contributed by atoms with E-state index in [1.807, 2.05) is 60.7 Å². The van der Waals surface area contributed by atoms with Crippen LogP contribution in [-0.4, -0.2) is 64.7 Å². The fraction of sp³-hybridized carbons (Fsp3) is 0.407. The number of nitrogens with one attached hydrogen (secondary N) is 2. The number of rotatable bonds is 8. The number of ether oxygens (including phenoxy) is 1. The van der Waals surface area contributed by atoms with Crippen molar-refractivity contribution in [2.45, 2.75) is 57.7 Å². The van der Waals surface area contributed by atoms with Crippen molar-refractivity contribution in [2.24, 2.45) is 5.73 Å². The van der Waals surface area contributed by atoms with E-state index in [4.69, 9.17) is 10.5 Å². The van der Waals surface area contributed by atoms with Crippen LogP contribution in [0, 0.1) is 0 Å². The number of carbonyl (C=O) groups is 4. The Morgan fingerprint density at radius 1 is 0.838 bits per heavy atom. The van der Waals surface area contributed by atoms with Gasteiger partial charge in [0.1, 0.15) is 17.7 Å². The molecule has 1 saturated heterocycles. The summed E-state index contributed by atoms with van der Waals surface area (Å²) < 4.78 is 5.42. The summed E-state index contributed by atoms with van der Waals surface area (Å²) in [7, 11) is 0. The number of nitrogens with zero attached hydrogens (tertiary/aromatic N) is 2. The minimum atomic E-state index is -1.02. The quantitative estimate of drug-likeness (QED) is 0.502. The fourth-order valence-corrected chi connectivity index (χ4v) is 3.95. The van der Waals surface area contributed by atoms with Crippen LogP contribution in [0.3, 0.4) is 0 Å². The van der Waals surface area contributed by atoms with Gasteiger partial charge in [-0.2, -0.15) is 0 Å². The zero-order chi connectivity index (χ0) is 27.0. The van der Waals surface area contributed by atoms with Crippen molar-refractivity contribution in [3.05, 3.63) is 71.8 Å². The van der Waals surface area contributed by atoms with Crippen molar-refractivity contribution in [2.75, 3.05) is 13.1 Å². The molecule has 1 aliphatic rings. The van der Waals surface area contributed by atoms with Gasteiger partial charge in [0.25, 0.3) is 0 Å². The minimum absolute atomic E-state index is 0.176. The van der Waals surface area contributed by atoms with Gasteiger partial charge in [-0.05, 0) is 38.3 Å². The summed E-state index contributed by atoms with van der Waals surface area (Å²) in [6.07, 6.45) is 0.325. The second kappa shape index (κ2) is 12.2. The van der Waals surface area contributed by atoms with Gasteiger partial charge >= 0.3 is 12.1 Å². The van der Waals surface area contributed by atoms with Gasteiger partial charge in [-0.25, -0.2) is 19.6 Å². The van der Waals surface area contributed by atoms with Crippen molar-refractivity contribution < 1.29 is 23.9 Å². The van der Waals surface area contributed by atoms with Crippen molar-refractivity contribution >= 4 is 23.9 Å². The van der Waals surface area contributed by atoms with E-state index < -0.39 is 41.6 Å². The first-order valence-electron chi connectivity index (χ1n) is 12.3. The molecule has 0 spiro atoms. The Morgan fingerprint density at radius 2 is 1.35 bits per heavy atom. The van der Waals surface area contributed by atoms with Crippen LogP contribution in [-0.2, 0) is 27.2 Å². The van der Waals surface area contributed by atoms with Crippen LogP contribution in [0.4, 0.5) is 9.59 Å². The number of amides is 5. The van der Waals surface area contributed by atoms with Crippen LogP contribution in [0.25, 0.3) is 0 Å². The molecule has 0 radical (unpaired) electrons. The van der Waals surface area contributed by atoms with Gasteiger partial charge in [-0.3, -0.25) is 9.59 Å². The first-order valence-corrected chi connectivity index (χ1v) is 12.3. The molecular weight excluding hydrogens is 474 g/mol. The molecule has 5 amide bonds. The third-order valence-corrected chi connectivity index (χ3v) is 5.71. The van der Waals surface area contributed by atoms with E-state index in [0.717, 1.165) is 11.1 Å². The van der Waals surface area contributed by atoms with E-state index >= 15 is 0 Å². The van der Waals surface area contributed by atoms with E-state index in [-0.39, 0.29) is 12.8 Å².